The van der Waals surface area contributed by atoms with E-state index in [0.29, 0.717) is 11.3 Å². The lowest BCUT2D eigenvalue weighted by Gasteiger charge is -2.11. The number of nitrogens with one attached hydrogen (secondary N) is 1. The van der Waals surface area contributed by atoms with Crippen molar-refractivity contribution in [3.05, 3.63) is 29.6 Å². The summed E-state index contributed by atoms with van der Waals surface area (Å²) in [6.45, 7) is -0.0131. The predicted molar refractivity (Wildman–Crippen MR) is 75.7 cm³/mol. The molecule has 1 unspecified atom stereocenters. The van der Waals surface area contributed by atoms with Gasteiger partial charge in [0.15, 0.2) is 6.79 Å². The Bertz CT molecular complexity index is 629. The van der Waals surface area contributed by atoms with Gasteiger partial charge in [0, 0.05) is 18.9 Å². The van der Waals surface area contributed by atoms with Gasteiger partial charge < -0.3 is 18.9 Å². The molecule has 2 heterocycles. The van der Waals surface area contributed by atoms with Crippen LogP contribution in [0, 0.1) is 0 Å². The molecule has 0 saturated carbocycles. The third kappa shape index (κ3) is 3.41. The van der Waals surface area contributed by atoms with Crippen LogP contribution < -0.4 is 10.2 Å². The minimum atomic E-state index is -1.24. The predicted octanol–water partition coefficient (Wildman–Crippen LogP) is 0.0248. The zero-order valence-corrected chi connectivity index (χ0v) is 12.8. The molecule has 0 aromatic carbocycles. The molecule has 0 bridgehead atoms. The van der Waals surface area contributed by atoms with E-state index in [2.05, 4.69) is 15.2 Å². The van der Waals surface area contributed by atoms with Crippen LogP contribution in [0.5, 0.6) is 5.75 Å². The Morgan fingerprint density at radius 3 is 2.74 bits per heavy atom. The second-order valence-electron chi connectivity index (χ2n) is 4.33. The highest BCUT2D eigenvalue weighted by Crippen LogP contribution is 2.32. The van der Waals surface area contributed by atoms with E-state index in [-0.39, 0.29) is 18.1 Å². The first-order valence-corrected chi connectivity index (χ1v) is 6.52. The first-order chi connectivity index (χ1) is 11.1. The Hall–Kier alpha value is -2.65. The van der Waals surface area contributed by atoms with E-state index < -0.39 is 18.0 Å². The number of rotatable bonds is 6. The van der Waals surface area contributed by atoms with E-state index in [0.717, 1.165) is 0 Å². The molecule has 0 spiro atoms. The van der Waals surface area contributed by atoms with Crippen LogP contribution in [-0.4, -0.2) is 51.1 Å². The number of hydrogen-bond donors (Lipinski definition) is 1. The van der Waals surface area contributed by atoms with E-state index in [1.54, 1.807) is 6.07 Å². The molecule has 1 atom stereocenters. The molecule has 0 aliphatic carbocycles. The maximum absolute atomic E-state index is 12.1. The van der Waals surface area contributed by atoms with Gasteiger partial charge in [0.2, 0.25) is 6.10 Å². The molecule has 1 N–H and O–H groups in total. The average molecular weight is 324 g/mol. The van der Waals surface area contributed by atoms with Crippen molar-refractivity contribution in [1.29, 1.82) is 0 Å². The van der Waals surface area contributed by atoms with E-state index in [9.17, 15) is 9.59 Å². The first kappa shape index (κ1) is 16.7. The van der Waals surface area contributed by atoms with Crippen LogP contribution in [0.3, 0.4) is 0 Å². The van der Waals surface area contributed by atoms with Crippen molar-refractivity contribution in [2.45, 2.75) is 6.10 Å². The van der Waals surface area contributed by atoms with Crippen LogP contribution in [0.25, 0.3) is 5.70 Å². The van der Waals surface area contributed by atoms with Crippen molar-refractivity contribution in [3.8, 4) is 5.75 Å². The minimum Gasteiger partial charge on any atom is -0.467 e. The molecule has 9 heteroatoms. The number of ether oxygens (including phenoxy) is 4. The Morgan fingerprint density at radius 1 is 1.30 bits per heavy atom. The molecule has 0 amide bonds. The van der Waals surface area contributed by atoms with Gasteiger partial charge >= 0.3 is 11.9 Å². The topological polar surface area (TPSA) is 105 Å². The van der Waals surface area contributed by atoms with Gasteiger partial charge in [0.05, 0.1) is 26.1 Å². The summed E-state index contributed by atoms with van der Waals surface area (Å²) in [6.07, 6.45) is 1.71. The highest BCUT2D eigenvalue weighted by molar-refractivity contribution is 6.05. The van der Waals surface area contributed by atoms with Crippen LogP contribution in [0.1, 0.15) is 5.56 Å². The van der Waals surface area contributed by atoms with E-state index in [1.165, 1.54) is 33.7 Å². The normalized spacial score (nSPS) is 16.7. The second-order valence-corrected chi connectivity index (χ2v) is 4.33. The third-order valence-corrected chi connectivity index (χ3v) is 3.02. The highest BCUT2D eigenvalue weighted by Gasteiger charge is 2.40. The molecule has 0 fully saturated rings. The molecule has 0 radical (unpaired) electrons. The minimum absolute atomic E-state index is 0.0131. The molecule has 9 nitrogen and oxygen atoms in total. The van der Waals surface area contributed by atoms with Gasteiger partial charge in [0.1, 0.15) is 11.3 Å². The zero-order chi connectivity index (χ0) is 16.8. The number of esters is 2. The van der Waals surface area contributed by atoms with Crippen molar-refractivity contribution in [3.63, 3.8) is 0 Å². The quantitative estimate of drug-likeness (QED) is 0.573. The Morgan fingerprint density at radius 2 is 2.09 bits per heavy atom. The average Bonchev–Trinajstić information content (AvgIpc) is 3.03. The molecular formula is C14H16N2O7. The van der Waals surface area contributed by atoms with Gasteiger partial charge in [-0.05, 0) is 6.07 Å². The number of nitrogens with zero attached hydrogens (tertiary/aromatic N) is 1. The number of carbonyl (C=O) groups is 2. The maximum atomic E-state index is 12.1. The van der Waals surface area contributed by atoms with Gasteiger partial charge in [-0.1, -0.05) is 0 Å². The number of aromatic nitrogens is 1. The lowest BCUT2D eigenvalue weighted by Crippen LogP contribution is -2.29. The Labute approximate surface area is 132 Å². The molecular weight excluding hydrogens is 308 g/mol. The summed E-state index contributed by atoms with van der Waals surface area (Å²) in [4.78, 5) is 33.0. The zero-order valence-electron chi connectivity index (χ0n) is 12.8. The van der Waals surface area contributed by atoms with Gasteiger partial charge in [-0.15, -0.1) is 0 Å². The molecule has 1 aromatic rings. The fraction of sp³-hybridized carbons (Fsp3) is 0.357. The van der Waals surface area contributed by atoms with E-state index >= 15 is 0 Å². The Kier molecular flexibility index (Phi) is 5.50. The highest BCUT2D eigenvalue weighted by atomic mass is 16.7. The largest absolute Gasteiger partial charge is 0.467 e. The summed E-state index contributed by atoms with van der Waals surface area (Å²) >= 11 is 0. The summed E-state index contributed by atoms with van der Waals surface area (Å²) < 4.78 is 19.6. The summed E-state index contributed by atoms with van der Waals surface area (Å²) in [6, 6.07) is 1.60. The fourth-order valence-corrected chi connectivity index (χ4v) is 1.98. The van der Waals surface area contributed by atoms with Crippen LogP contribution in [0.4, 0.5) is 0 Å². The summed E-state index contributed by atoms with van der Waals surface area (Å²) in [5.74, 6) is -1.12. The van der Waals surface area contributed by atoms with Crippen molar-refractivity contribution in [2.75, 3.05) is 28.1 Å². The van der Waals surface area contributed by atoms with Crippen LogP contribution in [0.2, 0.25) is 0 Å². The number of pyridine rings is 1. The van der Waals surface area contributed by atoms with Crippen LogP contribution in [-0.2, 0) is 28.6 Å². The molecule has 23 heavy (non-hydrogen) atoms. The monoisotopic (exact) mass is 324 g/mol. The molecule has 0 saturated heterocycles. The molecule has 2 rings (SSSR count). The van der Waals surface area contributed by atoms with Crippen molar-refractivity contribution < 1.29 is 33.4 Å². The number of carbonyl (C=O) groups excluding carboxylic acids is 2. The Balaban J connectivity index is 2.50. The second kappa shape index (κ2) is 7.56. The molecule has 1 aliphatic heterocycles. The van der Waals surface area contributed by atoms with Crippen LogP contribution >= 0.6 is 0 Å². The van der Waals surface area contributed by atoms with Gasteiger partial charge in [-0.3, -0.25) is 15.3 Å². The smallest absolute Gasteiger partial charge is 0.342 e. The van der Waals surface area contributed by atoms with Crippen molar-refractivity contribution in [1.82, 2.24) is 10.5 Å². The van der Waals surface area contributed by atoms with Gasteiger partial charge in [-0.25, -0.2) is 9.59 Å². The van der Waals surface area contributed by atoms with E-state index in [1.807, 2.05) is 0 Å². The van der Waals surface area contributed by atoms with E-state index in [4.69, 9.17) is 19.0 Å². The maximum Gasteiger partial charge on any atom is 0.342 e. The molecule has 1 aromatic heterocycles. The standard InChI is InChI=1S/C14H16N2O7/c1-19-7-22-9-6-15-5-4-8(9)11-10(13(17)20-2)12(23-16-11)14(18)21-3/h4-6,12,16H,7H2,1-3H3. The molecule has 1 aliphatic rings. The van der Waals surface area contributed by atoms with Crippen LogP contribution in [0.15, 0.2) is 24.0 Å². The van der Waals surface area contributed by atoms with Crippen molar-refractivity contribution >= 4 is 17.6 Å². The number of hydrogen-bond acceptors (Lipinski definition) is 9. The summed E-state index contributed by atoms with van der Waals surface area (Å²) in [5, 5.41) is 0. The molecule has 124 valence electrons. The summed E-state index contributed by atoms with van der Waals surface area (Å²) in [5.41, 5.74) is 3.23. The fourth-order valence-electron chi connectivity index (χ4n) is 1.98. The van der Waals surface area contributed by atoms with Crippen molar-refractivity contribution in [2.24, 2.45) is 0 Å². The SMILES string of the molecule is COCOc1cnccc1C1=C(C(=O)OC)C(C(=O)OC)ON1. The lowest BCUT2D eigenvalue weighted by molar-refractivity contribution is -0.155. The van der Waals surface area contributed by atoms with Gasteiger partial charge in [-0.2, -0.15) is 0 Å². The summed E-state index contributed by atoms with van der Waals surface area (Å²) in [7, 11) is 3.87. The number of methoxy groups -OCH3 is 3. The number of hydroxylamine groups is 1. The third-order valence-electron chi connectivity index (χ3n) is 3.02. The first-order valence-electron chi connectivity index (χ1n) is 6.52. The van der Waals surface area contributed by atoms with Gasteiger partial charge in [0.25, 0.3) is 0 Å². The lowest BCUT2D eigenvalue weighted by atomic mass is 10.0.